The lowest BCUT2D eigenvalue weighted by Crippen LogP contribution is -2.21. The molecular formula is C25H28N2O3. The topological polar surface area (TPSA) is 59.6 Å². The highest BCUT2D eigenvalue weighted by Crippen LogP contribution is 2.20. The largest absolute Gasteiger partial charge is 0.494 e. The van der Waals surface area contributed by atoms with Crippen molar-refractivity contribution in [3.63, 3.8) is 0 Å². The minimum absolute atomic E-state index is 0.132. The highest BCUT2D eigenvalue weighted by Gasteiger charge is 2.05. The van der Waals surface area contributed by atoms with Crippen molar-refractivity contribution in [2.24, 2.45) is 0 Å². The Hall–Kier alpha value is -3.47. The van der Waals surface area contributed by atoms with Crippen molar-refractivity contribution in [2.45, 2.75) is 26.4 Å². The molecule has 0 aliphatic rings. The summed E-state index contributed by atoms with van der Waals surface area (Å²) in [5.41, 5.74) is 2.64. The quantitative estimate of drug-likeness (QED) is 0.415. The molecule has 2 N–H and O–H groups in total. The van der Waals surface area contributed by atoms with Crippen LogP contribution in [0, 0.1) is 0 Å². The van der Waals surface area contributed by atoms with Crippen LogP contribution in [0.3, 0.4) is 0 Å². The predicted octanol–water partition coefficient (Wildman–Crippen LogP) is 5.50. The van der Waals surface area contributed by atoms with Crippen molar-refractivity contribution in [3.05, 3.63) is 84.4 Å². The summed E-state index contributed by atoms with van der Waals surface area (Å²) in [6.07, 6.45) is 2.12. The summed E-state index contributed by atoms with van der Waals surface area (Å²) in [6, 6.07) is 25.0. The molecule has 0 atom stereocenters. The lowest BCUT2D eigenvalue weighted by Gasteiger charge is -2.11. The Kier molecular flexibility index (Phi) is 8.15. The van der Waals surface area contributed by atoms with E-state index in [1.54, 1.807) is 0 Å². The molecule has 0 spiro atoms. The van der Waals surface area contributed by atoms with Crippen LogP contribution in [0.2, 0.25) is 0 Å². The summed E-state index contributed by atoms with van der Waals surface area (Å²) in [5.74, 6) is 1.38. The Bertz CT molecular complexity index is 928. The van der Waals surface area contributed by atoms with Crippen LogP contribution in [-0.4, -0.2) is 19.1 Å². The second-order valence-corrected chi connectivity index (χ2v) is 6.93. The van der Waals surface area contributed by atoms with E-state index < -0.39 is 0 Å². The van der Waals surface area contributed by atoms with Gasteiger partial charge in [0.05, 0.1) is 13.2 Å². The molecule has 0 radical (unpaired) electrons. The number of carbonyl (C=O) groups excluding carboxylic acids is 1. The Labute approximate surface area is 178 Å². The molecule has 30 heavy (non-hydrogen) atoms. The lowest BCUT2D eigenvalue weighted by atomic mass is 10.2. The molecule has 0 saturated carbocycles. The van der Waals surface area contributed by atoms with Crippen LogP contribution < -0.4 is 20.1 Å². The maximum Gasteiger partial charge on any atom is 0.243 e. The van der Waals surface area contributed by atoms with Crippen molar-refractivity contribution in [3.8, 4) is 11.5 Å². The molecule has 1 amide bonds. The molecule has 0 aromatic heterocycles. The molecule has 3 rings (SSSR count). The van der Waals surface area contributed by atoms with Crippen LogP contribution >= 0.6 is 0 Å². The van der Waals surface area contributed by atoms with E-state index >= 15 is 0 Å². The Balaban J connectivity index is 1.47. The highest BCUT2D eigenvalue weighted by molar-refractivity contribution is 5.93. The van der Waals surface area contributed by atoms with Gasteiger partial charge in [-0.05, 0) is 36.2 Å². The fourth-order valence-electron chi connectivity index (χ4n) is 2.82. The average Bonchev–Trinajstić information content (AvgIpc) is 2.78. The van der Waals surface area contributed by atoms with Crippen LogP contribution in [0.15, 0.2) is 78.9 Å². The van der Waals surface area contributed by atoms with Crippen LogP contribution in [-0.2, 0) is 11.4 Å². The molecule has 0 aliphatic carbocycles. The molecule has 3 aromatic rings. The van der Waals surface area contributed by atoms with Gasteiger partial charge in [-0.25, -0.2) is 0 Å². The average molecular weight is 405 g/mol. The SMILES string of the molecule is CCCCOc1cccc(NCC(=O)Nc2cccc(OCc3ccccc3)c2)c1. The number of benzene rings is 3. The minimum atomic E-state index is -0.132. The van der Waals surface area contributed by atoms with Crippen molar-refractivity contribution < 1.29 is 14.3 Å². The van der Waals surface area contributed by atoms with Crippen LogP contribution in [0.5, 0.6) is 11.5 Å². The lowest BCUT2D eigenvalue weighted by molar-refractivity contribution is -0.114. The van der Waals surface area contributed by atoms with Gasteiger partial charge in [0.1, 0.15) is 18.1 Å². The molecule has 0 unspecified atom stereocenters. The molecule has 3 aromatic carbocycles. The molecule has 5 heteroatoms. The zero-order valence-corrected chi connectivity index (χ0v) is 17.3. The first kappa shape index (κ1) is 21.2. The normalized spacial score (nSPS) is 10.3. The Morgan fingerprint density at radius 1 is 0.833 bits per heavy atom. The van der Waals surface area contributed by atoms with Gasteiger partial charge in [0, 0.05) is 23.5 Å². The van der Waals surface area contributed by atoms with Crippen molar-refractivity contribution in [1.29, 1.82) is 0 Å². The van der Waals surface area contributed by atoms with E-state index in [9.17, 15) is 4.79 Å². The monoisotopic (exact) mass is 404 g/mol. The number of unbranched alkanes of at least 4 members (excludes halogenated alkanes) is 1. The number of nitrogens with one attached hydrogen (secondary N) is 2. The first-order chi connectivity index (χ1) is 14.7. The van der Waals surface area contributed by atoms with E-state index in [0.29, 0.717) is 24.7 Å². The van der Waals surface area contributed by atoms with E-state index in [0.717, 1.165) is 29.8 Å². The molecule has 5 nitrogen and oxygen atoms in total. The number of ether oxygens (including phenoxy) is 2. The van der Waals surface area contributed by atoms with E-state index in [-0.39, 0.29) is 12.5 Å². The molecular weight excluding hydrogens is 376 g/mol. The summed E-state index contributed by atoms with van der Waals surface area (Å²) in [5, 5.41) is 6.03. The Morgan fingerprint density at radius 3 is 2.30 bits per heavy atom. The summed E-state index contributed by atoms with van der Waals surface area (Å²) in [4.78, 5) is 12.3. The zero-order chi connectivity index (χ0) is 21.0. The number of carbonyl (C=O) groups is 1. The van der Waals surface area contributed by atoms with Gasteiger partial charge >= 0.3 is 0 Å². The van der Waals surface area contributed by atoms with Gasteiger partial charge in [0.15, 0.2) is 0 Å². The third kappa shape index (κ3) is 7.17. The third-order valence-electron chi connectivity index (χ3n) is 4.42. The molecule has 0 fully saturated rings. The fourth-order valence-corrected chi connectivity index (χ4v) is 2.82. The smallest absolute Gasteiger partial charge is 0.243 e. The fraction of sp³-hybridized carbons (Fsp3) is 0.240. The summed E-state index contributed by atoms with van der Waals surface area (Å²) >= 11 is 0. The number of amides is 1. The number of hydrogen-bond donors (Lipinski definition) is 2. The maximum atomic E-state index is 12.3. The van der Waals surface area contributed by atoms with E-state index in [4.69, 9.17) is 9.47 Å². The first-order valence-electron chi connectivity index (χ1n) is 10.3. The second-order valence-electron chi connectivity index (χ2n) is 6.93. The van der Waals surface area contributed by atoms with Crippen LogP contribution in [0.1, 0.15) is 25.3 Å². The van der Waals surface area contributed by atoms with E-state index in [1.807, 2.05) is 78.9 Å². The summed E-state index contributed by atoms with van der Waals surface area (Å²) < 4.78 is 11.5. The summed E-state index contributed by atoms with van der Waals surface area (Å²) in [7, 11) is 0. The zero-order valence-electron chi connectivity index (χ0n) is 17.3. The summed E-state index contributed by atoms with van der Waals surface area (Å²) in [6.45, 7) is 3.47. The van der Waals surface area contributed by atoms with Crippen molar-refractivity contribution in [1.82, 2.24) is 0 Å². The third-order valence-corrected chi connectivity index (χ3v) is 4.42. The maximum absolute atomic E-state index is 12.3. The molecule has 156 valence electrons. The second kappa shape index (κ2) is 11.5. The highest BCUT2D eigenvalue weighted by atomic mass is 16.5. The van der Waals surface area contributed by atoms with Crippen molar-refractivity contribution >= 4 is 17.3 Å². The molecule has 0 bridgehead atoms. The van der Waals surface area contributed by atoms with Gasteiger partial charge in [0.25, 0.3) is 0 Å². The first-order valence-corrected chi connectivity index (χ1v) is 10.3. The van der Waals surface area contributed by atoms with Gasteiger partial charge in [-0.15, -0.1) is 0 Å². The number of hydrogen-bond acceptors (Lipinski definition) is 4. The number of rotatable bonds is 11. The van der Waals surface area contributed by atoms with Gasteiger partial charge in [0.2, 0.25) is 5.91 Å². The molecule has 0 saturated heterocycles. The Morgan fingerprint density at radius 2 is 1.53 bits per heavy atom. The van der Waals surface area contributed by atoms with E-state index in [1.165, 1.54) is 0 Å². The standard InChI is InChI=1S/C25H28N2O3/c1-2-3-15-29-23-13-7-11-21(16-23)26-18-25(28)27-22-12-8-14-24(17-22)30-19-20-9-5-4-6-10-20/h4-14,16-17,26H,2-3,15,18-19H2,1H3,(H,27,28). The molecule has 0 aliphatic heterocycles. The van der Waals surface area contributed by atoms with Gasteiger partial charge in [-0.1, -0.05) is 55.8 Å². The van der Waals surface area contributed by atoms with Gasteiger partial charge in [-0.2, -0.15) is 0 Å². The van der Waals surface area contributed by atoms with Gasteiger partial charge < -0.3 is 20.1 Å². The predicted molar refractivity (Wildman–Crippen MR) is 121 cm³/mol. The van der Waals surface area contributed by atoms with Crippen LogP contribution in [0.4, 0.5) is 11.4 Å². The minimum Gasteiger partial charge on any atom is -0.494 e. The van der Waals surface area contributed by atoms with Crippen molar-refractivity contribution in [2.75, 3.05) is 23.8 Å². The molecule has 0 heterocycles. The van der Waals surface area contributed by atoms with Gasteiger partial charge in [-0.3, -0.25) is 4.79 Å². The number of anilines is 2. The van der Waals surface area contributed by atoms with E-state index in [2.05, 4.69) is 17.6 Å². The van der Waals surface area contributed by atoms with Crippen LogP contribution in [0.25, 0.3) is 0 Å².